The summed E-state index contributed by atoms with van der Waals surface area (Å²) < 4.78 is 0. The highest BCUT2D eigenvalue weighted by atomic mass is 16.3. The first-order chi connectivity index (χ1) is 11.8. The van der Waals surface area contributed by atoms with Crippen LogP contribution in [0.15, 0.2) is 11.6 Å². The number of carbonyl (C=O) groups excluding carboxylic acids is 2. The molecule has 6 atom stereocenters. The van der Waals surface area contributed by atoms with Crippen LogP contribution < -0.4 is 0 Å². The predicted octanol–water partition coefficient (Wildman–Crippen LogP) is 2.81. The third-order valence-electron chi connectivity index (χ3n) is 8.72. The smallest absolute Gasteiger partial charge is 0.190 e. The van der Waals surface area contributed by atoms with Crippen molar-refractivity contribution in [3.63, 3.8) is 0 Å². The van der Waals surface area contributed by atoms with Crippen molar-refractivity contribution in [2.75, 3.05) is 6.61 Å². The van der Waals surface area contributed by atoms with Crippen LogP contribution in [0.1, 0.15) is 65.2 Å². The quantitative estimate of drug-likeness (QED) is 0.806. The summed E-state index contributed by atoms with van der Waals surface area (Å²) in [6, 6.07) is 0. The monoisotopic (exact) mass is 346 g/mol. The van der Waals surface area contributed by atoms with E-state index >= 15 is 0 Å². The van der Waals surface area contributed by atoms with Crippen LogP contribution in [0, 0.1) is 28.6 Å². The van der Waals surface area contributed by atoms with Crippen LogP contribution in [0.4, 0.5) is 0 Å². The van der Waals surface area contributed by atoms with Gasteiger partial charge in [0.1, 0.15) is 12.2 Å². The molecule has 4 aliphatic carbocycles. The van der Waals surface area contributed by atoms with Gasteiger partial charge in [0.05, 0.1) is 0 Å². The van der Waals surface area contributed by atoms with E-state index in [1.54, 1.807) is 0 Å². The highest BCUT2D eigenvalue weighted by Crippen LogP contribution is 2.67. The van der Waals surface area contributed by atoms with Crippen molar-refractivity contribution in [1.29, 1.82) is 0 Å². The third kappa shape index (κ3) is 2.13. The zero-order valence-electron chi connectivity index (χ0n) is 15.4. The van der Waals surface area contributed by atoms with Crippen molar-refractivity contribution in [3.05, 3.63) is 11.6 Å². The number of hydrogen-bond donors (Lipinski definition) is 2. The van der Waals surface area contributed by atoms with Gasteiger partial charge in [-0.1, -0.05) is 19.4 Å². The number of Topliss-reactive ketones (excluding diaryl/α,β-unsaturated/α-hetero) is 1. The van der Waals surface area contributed by atoms with Gasteiger partial charge >= 0.3 is 0 Å². The van der Waals surface area contributed by atoms with Gasteiger partial charge < -0.3 is 10.2 Å². The second kappa shape index (κ2) is 5.50. The number of aliphatic hydroxyl groups excluding tert-OH is 1. The van der Waals surface area contributed by atoms with Crippen LogP contribution in [0.3, 0.4) is 0 Å². The molecule has 3 fully saturated rings. The minimum absolute atomic E-state index is 0.111. The maximum absolute atomic E-state index is 12.3. The van der Waals surface area contributed by atoms with Crippen molar-refractivity contribution >= 4 is 11.6 Å². The average Bonchev–Trinajstić information content (AvgIpc) is 2.87. The first kappa shape index (κ1) is 17.4. The number of allylic oxidation sites excluding steroid dienone is 1. The van der Waals surface area contributed by atoms with E-state index in [0.717, 1.165) is 38.5 Å². The van der Waals surface area contributed by atoms with Crippen LogP contribution in [-0.4, -0.2) is 34.0 Å². The Bertz CT molecular complexity index is 652. The standard InChI is InChI=1S/C21H30O4/c1-19-8-5-14(23)11-13(19)3-4-15-16(19)6-9-20(2)17(15)7-10-21(20,25)18(24)12-22/h11,15-17,22,25H,3-10,12H2,1-2H3/t15-,16-,17-,19-,20-,21+/m0/s1. The number of ketones is 2. The fourth-order valence-corrected chi connectivity index (χ4v) is 7.16. The second-order valence-electron chi connectivity index (χ2n) is 9.41. The Morgan fingerprint density at radius 1 is 1.12 bits per heavy atom. The van der Waals surface area contributed by atoms with Crippen LogP contribution in [-0.2, 0) is 9.59 Å². The summed E-state index contributed by atoms with van der Waals surface area (Å²) in [6.07, 6.45) is 8.72. The lowest BCUT2D eigenvalue weighted by Crippen LogP contribution is -2.58. The number of hydrogen-bond acceptors (Lipinski definition) is 4. The Balaban J connectivity index is 1.68. The van der Waals surface area contributed by atoms with Crippen molar-refractivity contribution < 1.29 is 19.8 Å². The van der Waals surface area contributed by atoms with Crippen LogP contribution in [0.2, 0.25) is 0 Å². The third-order valence-corrected chi connectivity index (χ3v) is 8.72. The van der Waals surface area contributed by atoms with Crippen LogP contribution in [0.5, 0.6) is 0 Å². The van der Waals surface area contributed by atoms with E-state index in [2.05, 4.69) is 13.8 Å². The van der Waals surface area contributed by atoms with Gasteiger partial charge in [0.2, 0.25) is 0 Å². The molecule has 4 rings (SSSR count). The van der Waals surface area contributed by atoms with E-state index in [1.807, 2.05) is 6.08 Å². The van der Waals surface area contributed by atoms with Crippen LogP contribution >= 0.6 is 0 Å². The minimum atomic E-state index is -1.36. The topological polar surface area (TPSA) is 74.6 Å². The molecule has 0 amide bonds. The molecule has 4 aliphatic rings. The number of rotatable bonds is 2. The van der Waals surface area contributed by atoms with Crippen molar-refractivity contribution in [2.24, 2.45) is 28.6 Å². The summed E-state index contributed by atoms with van der Waals surface area (Å²) in [5.41, 5.74) is -0.333. The summed E-state index contributed by atoms with van der Waals surface area (Å²) in [4.78, 5) is 24.2. The van der Waals surface area contributed by atoms with E-state index in [9.17, 15) is 19.8 Å². The normalized spacial score (nSPS) is 49.0. The zero-order valence-corrected chi connectivity index (χ0v) is 15.4. The molecule has 25 heavy (non-hydrogen) atoms. The van der Waals surface area contributed by atoms with Crippen LogP contribution in [0.25, 0.3) is 0 Å². The summed E-state index contributed by atoms with van der Waals surface area (Å²) in [6.45, 7) is 3.84. The molecular weight excluding hydrogens is 316 g/mol. The Labute approximate surface area is 149 Å². The maximum Gasteiger partial charge on any atom is 0.190 e. The molecule has 0 bridgehead atoms. The fourth-order valence-electron chi connectivity index (χ4n) is 7.16. The molecule has 0 aromatic rings. The Morgan fingerprint density at radius 3 is 2.56 bits per heavy atom. The summed E-state index contributed by atoms with van der Waals surface area (Å²) in [7, 11) is 0. The van der Waals surface area contributed by atoms with Gasteiger partial charge in [0.15, 0.2) is 11.6 Å². The lowest BCUT2D eigenvalue weighted by molar-refractivity contribution is -0.164. The first-order valence-corrected chi connectivity index (χ1v) is 9.87. The van der Waals surface area contributed by atoms with Crippen molar-refractivity contribution in [2.45, 2.75) is 70.8 Å². The molecule has 2 N–H and O–H groups in total. The van der Waals surface area contributed by atoms with Gasteiger partial charge in [0, 0.05) is 11.8 Å². The molecule has 0 spiro atoms. The molecule has 0 unspecified atom stereocenters. The minimum Gasteiger partial charge on any atom is -0.388 e. The lowest BCUT2D eigenvalue weighted by Gasteiger charge is -2.58. The average molecular weight is 346 g/mol. The molecule has 0 aromatic carbocycles. The van der Waals surface area contributed by atoms with E-state index < -0.39 is 23.4 Å². The molecule has 0 aromatic heterocycles. The number of carbonyl (C=O) groups is 2. The lowest BCUT2D eigenvalue weighted by atomic mass is 9.46. The van der Waals surface area contributed by atoms with E-state index in [1.165, 1.54) is 5.57 Å². The molecular formula is C21H30O4. The molecule has 0 aliphatic heterocycles. The van der Waals surface area contributed by atoms with Gasteiger partial charge in [-0.2, -0.15) is 0 Å². The molecule has 4 heteroatoms. The van der Waals surface area contributed by atoms with Gasteiger partial charge in [-0.3, -0.25) is 9.59 Å². The fraction of sp³-hybridized carbons (Fsp3) is 0.810. The van der Waals surface area contributed by atoms with Gasteiger partial charge in [0.25, 0.3) is 0 Å². The van der Waals surface area contributed by atoms with Crippen molar-refractivity contribution in [3.8, 4) is 0 Å². The Morgan fingerprint density at radius 2 is 1.84 bits per heavy atom. The van der Waals surface area contributed by atoms with Crippen molar-refractivity contribution in [1.82, 2.24) is 0 Å². The molecule has 0 heterocycles. The molecule has 0 saturated heterocycles. The first-order valence-electron chi connectivity index (χ1n) is 9.87. The highest BCUT2D eigenvalue weighted by molar-refractivity contribution is 5.91. The van der Waals surface area contributed by atoms with Gasteiger partial charge in [-0.15, -0.1) is 0 Å². The molecule has 0 radical (unpaired) electrons. The zero-order chi connectivity index (χ0) is 18.0. The van der Waals surface area contributed by atoms with E-state index in [0.29, 0.717) is 30.6 Å². The SMILES string of the molecule is C[C@]12CCC(=O)C=C1CC[C@H]1[C@@H]2CC[C@@]2(C)[C@H]1CC[C@@]2(O)C(=O)CO. The largest absolute Gasteiger partial charge is 0.388 e. The molecule has 138 valence electrons. The van der Waals surface area contributed by atoms with Gasteiger partial charge in [-0.05, 0) is 74.2 Å². The Hall–Kier alpha value is -1.00. The maximum atomic E-state index is 12.3. The summed E-state index contributed by atoms with van der Waals surface area (Å²) >= 11 is 0. The highest BCUT2D eigenvalue weighted by Gasteiger charge is 2.65. The second-order valence-corrected chi connectivity index (χ2v) is 9.41. The predicted molar refractivity (Wildman–Crippen MR) is 93.8 cm³/mol. The number of fused-ring (bicyclic) bond motifs is 5. The van der Waals surface area contributed by atoms with E-state index in [4.69, 9.17) is 0 Å². The molecule has 4 nitrogen and oxygen atoms in total. The Kier molecular flexibility index (Phi) is 3.83. The summed E-state index contributed by atoms with van der Waals surface area (Å²) in [5.74, 6) is 1.26. The van der Waals surface area contributed by atoms with E-state index in [-0.39, 0.29) is 11.2 Å². The summed E-state index contributed by atoms with van der Waals surface area (Å²) in [5, 5.41) is 20.5. The number of aliphatic hydroxyl groups is 2. The molecule has 3 saturated carbocycles. The van der Waals surface area contributed by atoms with Gasteiger partial charge in [-0.25, -0.2) is 0 Å².